The number of hydrogen-bond donors (Lipinski definition) is 3. The first kappa shape index (κ1) is 12.0. The molecule has 0 bridgehead atoms. The maximum Gasteiger partial charge on any atom is 0.271 e. The van der Waals surface area contributed by atoms with Crippen molar-refractivity contribution < 1.29 is 9.66 Å². The van der Waals surface area contributed by atoms with Gasteiger partial charge in [-0.2, -0.15) is 9.84 Å². The van der Waals surface area contributed by atoms with Crippen molar-refractivity contribution in [2.45, 2.75) is 26.3 Å². The summed E-state index contributed by atoms with van der Waals surface area (Å²) < 4.78 is 0. The third kappa shape index (κ3) is 2.69. The van der Waals surface area contributed by atoms with Gasteiger partial charge in [0.2, 0.25) is 0 Å². The van der Waals surface area contributed by atoms with E-state index in [1.165, 1.54) is 6.33 Å². The SMILES string of the molecule is CC(C)(C)[N+]([O-])=NNc1nc[nH]c1C(N)=O. The van der Waals surface area contributed by atoms with Gasteiger partial charge in [0, 0.05) is 0 Å². The number of hydrogen-bond acceptors (Lipinski definition) is 4. The Morgan fingerprint density at radius 2 is 2.31 bits per heavy atom. The zero-order valence-corrected chi connectivity index (χ0v) is 9.31. The van der Waals surface area contributed by atoms with E-state index in [1.807, 2.05) is 0 Å². The van der Waals surface area contributed by atoms with Gasteiger partial charge < -0.3 is 15.9 Å². The summed E-state index contributed by atoms with van der Waals surface area (Å²) in [4.78, 5) is 17.7. The molecule has 0 unspecified atom stereocenters. The van der Waals surface area contributed by atoms with Crippen molar-refractivity contribution in [3.63, 3.8) is 0 Å². The first-order valence-corrected chi connectivity index (χ1v) is 4.59. The van der Waals surface area contributed by atoms with Crippen LogP contribution in [0.2, 0.25) is 0 Å². The lowest BCUT2D eigenvalue weighted by Crippen LogP contribution is -2.28. The molecule has 0 aliphatic rings. The number of primary amides is 1. The van der Waals surface area contributed by atoms with Crippen molar-refractivity contribution in [1.29, 1.82) is 0 Å². The van der Waals surface area contributed by atoms with Crippen molar-refractivity contribution in [2.24, 2.45) is 11.0 Å². The summed E-state index contributed by atoms with van der Waals surface area (Å²) in [5.74, 6) is -0.555. The Labute approximate surface area is 92.1 Å². The minimum Gasteiger partial charge on any atom is -0.695 e. The summed E-state index contributed by atoms with van der Waals surface area (Å²) in [7, 11) is 0. The molecule has 0 atom stereocenters. The number of carbonyl (C=O) groups excluding carboxylic acids is 1. The summed E-state index contributed by atoms with van der Waals surface area (Å²) in [6.45, 7) is 5.10. The normalized spacial score (nSPS) is 12.6. The Morgan fingerprint density at radius 1 is 1.69 bits per heavy atom. The van der Waals surface area contributed by atoms with Crippen LogP contribution in [-0.4, -0.2) is 26.3 Å². The highest BCUT2D eigenvalue weighted by Gasteiger charge is 2.18. The fraction of sp³-hybridized carbons (Fsp3) is 0.500. The molecule has 16 heavy (non-hydrogen) atoms. The average Bonchev–Trinajstić information content (AvgIpc) is 2.60. The third-order valence-corrected chi connectivity index (χ3v) is 1.71. The van der Waals surface area contributed by atoms with Gasteiger partial charge in [-0.15, -0.1) is 5.43 Å². The summed E-state index contributed by atoms with van der Waals surface area (Å²) in [6, 6.07) is 0. The molecule has 1 aromatic rings. The quantitative estimate of drug-likeness (QED) is 0.396. The van der Waals surface area contributed by atoms with E-state index in [9.17, 15) is 10.0 Å². The second-order valence-electron chi connectivity index (χ2n) is 4.15. The molecule has 88 valence electrons. The number of aromatic nitrogens is 2. The minimum atomic E-state index is -0.677. The zero-order valence-electron chi connectivity index (χ0n) is 9.31. The number of amides is 1. The predicted octanol–water partition coefficient (Wildman–Crippen LogP) is 0.597. The molecule has 8 heteroatoms. The first-order valence-electron chi connectivity index (χ1n) is 4.59. The lowest BCUT2D eigenvalue weighted by atomic mass is 10.1. The van der Waals surface area contributed by atoms with Gasteiger partial charge in [-0.25, -0.2) is 0 Å². The van der Waals surface area contributed by atoms with E-state index in [1.54, 1.807) is 20.8 Å². The first-order chi connectivity index (χ1) is 7.32. The molecule has 0 fully saturated rings. The Kier molecular flexibility index (Phi) is 3.11. The van der Waals surface area contributed by atoms with Crippen LogP contribution < -0.4 is 11.2 Å². The van der Waals surface area contributed by atoms with E-state index in [2.05, 4.69) is 20.6 Å². The molecule has 8 nitrogen and oxygen atoms in total. The molecule has 0 saturated heterocycles. The molecule has 0 aliphatic carbocycles. The van der Waals surface area contributed by atoms with E-state index in [4.69, 9.17) is 5.73 Å². The van der Waals surface area contributed by atoms with Crippen molar-refractivity contribution in [2.75, 3.05) is 5.43 Å². The van der Waals surface area contributed by atoms with Gasteiger partial charge in [0.1, 0.15) is 5.54 Å². The van der Waals surface area contributed by atoms with Gasteiger partial charge in [-0.1, -0.05) is 0 Å². The Morgan fingerprint density at radius 3 is 2.81 bits per heavy atom. The monoisotopic (exact) mass is 226 g/mol. The van der Waals surface area contributed by atoms with Gasteiger partial charge >= 0.3 is 0 Å². The van der Waals surface area contributed by atoms with Crippen molar-refractivity contribution in [3.8, 4) is 0 Å². The van der Waals surface area contributed by atoms with Crippen molar-refractivity contribution in [1.82, 2.24) is 9.97 Å². The van der Waals surface area contributed by atoms with E-state index in [-0.39, 0.29) is 11.5 Å². The fourth-order valence-electron chi connectivity index (χ4n) is 0.810. The van der Waals surface area contributed by atoms with Crippen LogP contribution in [0, 0.1) is 5.21 Å². The van der Waals surface area contributed by atoms with Crippen molar-refractivity contribution >= 4 is 11.7 Å². The summed E-state index contributed by atoms with van der Waals surface area (Å²) in [6.07, 6.45) is 1.28. The topological polar surface area (TPSA) is 122 Å². The number of imidazole rings is 1. The molecular formula is C8H14N6O2. The van der Waals surface area contributed by atoms with E-state index < -0.39 is 11.4 Å². The van der Waals surface area contributed by atoms with Gasteiger partial charge in [-0.05, 0) is 20.8 Å². The minimum absolute atomic E-state index is 0.0751. The highest BCUT2D eigenvalue weighted by atomic mass is 16.5. The van der Waals surface area contributed by atoms with Crippen LogP contribution >= 0.6 is 0 Å². The molecule has 1 aromatic heterocycles. The van der Waals surface area contributed by atoms with E-state index >= 15 is 0 Å². The average molecular weight is 226 g/mol. The predicted molar refractivity (Wildman–Crippen MR) is 56.5 cm³/mol. The molecule has 0 spiro atoms. The number of H-pyrrole nitrogens is 1. The van der Waals surface area contributed by atoms with Gasteiger partial charge in [0.25, 0.3) is 11.7 Å². The molecule has 0 aliphatic heterocycles. The van der Waals surface area contributed by atoms with E-state index in [0.29, 0.717) is 4.86 Å². The Bertz CT molecular complexity index is 416. The van der Waals surface area contributed by atoms with Crippen LogP contribution in [0.4, 0.5) is 5.82 Å². The number of hydroxylamine groups is 1. The van der Waals surface area contributed by atoms with Crippen LogP contribution in [0.5, 0.6) is 0 Å². The highest BCUT2D eigenvalue weighted by Crippen LogP contribution is 2.10. The third-order valence-electron chi connectivity index (χ3n) is 1.71. The second kappa shape index (κ2) is 4.17. The van der Waals surface area contributed by atoms with E-state index in [0.717, 1.165) is 0 Å². The summed E-state index contributed by atoms with van der Waals surface area (Å²) >= 11 is 0. The van der Waals surface area contributed by atoms with Gasteiger partial charge in [0.05, 0.1) is 11.6 Å². The molecule has 1 rings (SSSR count). The number of rotatable bonds is 3. The number of nitrogens with one attached hydrogen (secondary N) is 2. The molecular weight excluding hydrogens is 212 g/mol. The van der Waals surface area contributed by atoms with Crippen LogP contribution in [0.25, 0.3) is 0 Å². The Hall–Kier alpha value is -2.12. The largest absolute Gasteiger partial charge is 0.695 e. The number of anilines is 1. The zero-order chi connectivity index (χ0) is 12.3. The van der Waals surface area contributed by atoms with Crippen LogP contribution in [0.1, 0.15) is 31.3 Å². The number of nitrogens with zero attached hydrogens (tertiary/aromatic N) is 3. The molecule has 4 N–H and O–H groups in total. The molecule has 0 aromatic carbocycles. The highest BCUT2D eigenvalue weighted by molar-refractivity contribution is 5.95. The fourth-order valence-corrected chi connectivity index (χ4v) is 0.810. The smallest absolute Gasteiger partial charge is 0.271 e. The molecule has 0 saturated carbocycles. The van der Waals surface area contributed by atoms with Crippen molar-refractivity contribution in [3.05, 3.63) is 17.2 Å². The van der Waals surface area contributed by atoms with Gasteiger partial charge in [0.15, 0.2) is 5.69 Å². The lowest BCUT2D eigenvalue weighted by molar-refractivity contribution is -0.598. The lowest BCUT2D eigenvalue weighted by Gasteiger charge is -2.20. The summed E-state index contributed by atoms with van der Waals surface area (Å²) in [5.41, 5.74) is 6.85. The molecule has 0 radical (unpaired) electrons. The standard InChI is InChI=1S/C8H14N6O2/c1-8(2,3)14(16)13-12-7-5(6(9)15)10-4-11-7/h4,12H,1-3H3,(H2,9,15)(H,10,11). The van der Waals surface area contributed by atoms with Crippen LogP contribution in [0.15, 0.2) is 11.6 Å². The molecule has 1 heterocycles. The number of carbonyl (C=O) groups is 1. The molecule has 1 amide bonds. The number of nitrogens with two attached hydrogens (primary N) is 1. The maximum absolute atomic E-state index is 11.4. The summed E-state index contributed by atoms with van der Waals surface area (Å²) in [5, 5.41) is 14.9. The van der Waals surface area contributed by atoms with Crippen LogP contribution in [0.3, 0.4) is 0 Å². The second-order valence-corrected chi connectivity index (χ2v) is 4.15. The number of aromatic amines is 1. The van der Waals surface area contributed by atoms with Crippen LogP contribution in [-0.2, 0) is 0 Å². The maximum atomic E-state index is 11.4. The van der Waals surface area contributed by atoms with Gasteiger partial charge in [-0.3, -0.25) is 4.79 Å². The Balaban J connectivity index is 2.83.